The molecule has 2 aromatic rings. The molecule has 0 bridgehead atoms. The summed E-state index contributed by atoms with van der Waals surface area (Å²) in [5, 5.41) is 15.3. The molecule has 0 radical (unpaired) electrons. The lowest BCUT2D eigenvalue weighted by atomic mass is 9.78. The van der Waals surface area contributed by atoms with Crippen LogP contribution in [0.3, 0.4) is 0 Å². The van der Waals surface area contributed by atoms with Crippen molar-refractivity contribution in [2.75, 3.05) is 0 Å². The largest absolute Gasteiger partial charge is 0.373 e. The summed E-state index contributed by atoms with van der Waals surface area (Å²) in [6.45, 7) is 0. The molecule has 0 saturated carbocycles. The van der Waals surface area contributed by atoms with Crippen LogP contribution in [-0.4, -0.2) is 11.0 Å². The average Bonchev–Trinajstić information content (AvgIpc) is 2.89. The molecule has 1 fully saturated rings. The lowest BCUT2D eigenvalue weighted by molar-refractivity contribution is -0.163. The summed E-state index contributed by atoms with van der Waals surface area (Å²) in [5.41, 5.74) is -0.784. The second-order valence-electron chi connectivity index (χ2n) is 4.05. The van der Waals surface area contributed by atoms with Gasteiger partial charge < -0.3 is 10.4 Å². The third-order valence-corrected chi connectivity index (χ3v) is 4.02. The van der Waals surface area contributed by atoms with E-state index in [0.29, 0.717) is 5.56 Å². The first-order valence-electron chi connectivity index (χ1n) is 5.35. The molecule has 0 aliphatic carbocycles. The minimum absolute atomic E-state index is 0.331. The summed E-state index contributed by atoms with van der Waals surface area (Å²) in [6, 6.07) is 12.6. The number of amides is 1. The fourth-order valence-electron chi connectivity index (χ4n) is 2.12. The maximum absolute atomic E-state index is 11.7. The Balaban J connectivity index is 2.03. The standard InChI is InChI=1S/C13H11NO2S/c15-12-13(16,9-5-2-1-3-6-9)11(14-12)10-7-4-8-17-10/h1-8,11,16H,(H,14,15)/t11-,13+/m0/s1. The summed E-state index contributed by atoms with van der Waals surface area (Å²) >= 11 is 1.53. The van der Waals surface area contributed by atoms with Crippen LogP contribution in [0.5, 0.6) is 0 Å². The van der Waals surface area contributed by atoms with Crippen molar-refractivity contribution in [3.8, 4) is 0 Å². The topological polar surface area (TPSA) is 49.3 Å². The first-order valence-corrected chi connectivity index (χ1v) is 6.23. The minimum atomic E-state index is -1.42. The van der Waals surface area contributed by atoms with Crippen molar-refractivity contribution in [3.05, 3.63) is 58.3 Å². The molecule has 2 N–H and O–H groups in total. The fraction of sp³-hybridized carbons (Fsp3) is 0.154. The molecule has 1 saturated heterocycles. The van der Waals surface area contributed by atoms with E-state index in [9.17, 15) is 9.90 Å². The van der Waals surface area contributed by atoms with Crippen LogP contribution in [0.2, 0.25) is 0 Å². The maximum Gasteiger partial charge on any atom is 0.259 e. The van der Waals surface area contributed by atoms with Gasteiger partial charge in [-0.1, -0.05) is 36.4 Å². The van der Waals surface area contributed by atoms with E-state index in [-0.39, 0.29) is 11.9 Å². The highest BCUT2D eigenvalue weighted by Crippen LogP contribution is 2.43. The molecular formula is C13H11NO2S. The van der Waals surface area contributed by atoms with E-state index in [1.165, 1.54) is 11.3 Å². The van der Waals surface area contributed by atoms with Crippen LogP contribution in [0.4, 0.5) is 0 Å². The lowest BCUT2D eigenvalue weighted by Crippen LogP contribution is -2.64. The van der Waals surface area contributed by atoms with Gasteiger partial charge in [0.1, 0.15) is 6.04 Å². The van der Waals surface area contributed by atoms with Gasteiger partial charge in [0, 0.05) is 4.88 Å². The van der Waals surface area contributed by atoms with E-state index < -0.39 is 5.60 Å². The summed E-state index contributed by atoms with van der Waals surface area (Å²) < 4.78 is 0. The Morgan fingerprint density at radius 1 is 1.18 bits per heavy atom. The molecule has 2 heterocycles. The van der Waals surface area contributed by atoms with E-state index in [2.05, 4.69) is 5.32 Å². The fourth-order valence-corrected chi connectivity index (χ4v) is 2.96. The van der Waals surface area contributed by atoms with Gasteiger partial charge in [-0.2, -0.15) is 0 Å². The Bertz CT molecular complexity index is 538. The van der Waals surface area contributed by atoms with Gasteiger partial charge in [0.05, 0.1) is 0 Å². The van der Waals surface area contributed by atoms with Crippen LogP contribution in [0.15, 0.2) is 47.8 Å². The summed E-state index contributed by atoms with van der Waals surface area (Å²) in [5.74, 6) is -0.331. The monoisotopic (exact) mass is 245 g/mol. The van der Waals surface area contributed by atoms with Crippen LogP contribution in [0.1, 0.15) is 16.5 Å². The Kier molecular flexibility index (Phi) is 2.28. The van der Waals surface area contributed by atoms with E-state index in [1.54, 1.807) is 12.1 Å². The Hall–Kier alpha value is -1.65. The van der Waals surface area contributed by atoms with E-state index in [4.69, 9.17) is 0 Å². The van der Waals surface area contributed by atoms with Gasteiger partial charge >= 0.3 is 0 Å². The van der Waals surface area contributed by atoms with Crippen LogP contribution >= 0.6 is 11.3 Å². The zero-order chi connectivity index (χ0) is 11.9. The van der Waals surface area contributed by atoms with Crippen LogP contribution in [-0.2, 0) is 10.4 Å². The zero-order valence-electron chi connectivity index (χ0n) is 8.96. The number of β-lactam (4-membered cyclic amide) rings is 1. The molecule has 3 rings (SSSR count). The quantitative estimate of drug-likeness (QED) is 0.793. The predicted molar refractivity (Wildman–Crippen MR) is 65.5 cm³/mol. The van der Waals surface area contributed by atoms with Crippen molar-refractivity contribution in [2.24, 2.45) is 0 Å². The van der Waals surface area contributed by atoms with Crippen LogP contribution in [0.25, 0.3) is 0 Å². The van der Waals surface area contributed by atoms with Gasteiger partial charge in [-0.05, 0) is 17.0 Å². The smallest absolute Gasteiger partial charge is 0.259 e. The lowest BCUT2D eigenvalue weighted by Gasteiger charge is -2.44. The highest BCUT2D eigenvalue weighted by Gasteiger charge is 2.56. The number of rotatable bonds is 2. The number of benzene rings is 1. The molecule has 0 spiro atoms. The molecule has 86 valence electrons. The first kappa shape index (κ1) is 10.5. The second-order valence-corrected chi connectivity index (χ2v) is 5.03. The van der Waals surface area contributed by atoms with Gasteiger partial charge in [-0.3, -0.25) is 4.79 Å². The van der Waals surface area contributed by atoms with Crippen molar-refractivity contribution < 1.29 is 9.90 Å². The van der Waals surface area contributed by atoms with Crippen LogP contribution < -0.4 is 5.32 Å². The first-order chi connectivity index (χ1) is 8.23. The van der Waals surface area contributed by atoms with E-state index in [1.807, 2.05) is 35.7 Å². The van der Waals surface area contributed by atoms with Crippen LogP contribution in [0, 0.1) is 0 Å². The molecule has 1 aliphatic rings. The minimum Gasteiger partial charge on any atom is -0.373 e. The molecule has 1 aliphatic heterocycles. The molecule has 0 unspecified atom stereocenters. The summed E-state index contributed by atoms with van der Waals surface area (Å²) in [7, 11) is 0. The molecule has 1 aromatic heterocycles. The number of nitrogens with one attached hydrogen (secondary N) is 1. The average molecular weight is 245 g/mol. The summed E-state index contributed by atoms with van der Waals surface area (Å²) in [4.78, 5) is 12.7. The normalized spacial score (nSPS) is 27.4. The number of hydrogen-bond acceptors (Lipinski definition) is 3. The van der Waals surface area contributed by atoms with Crippen molar-refractivity contribution in [2.45, 2.75) is 11.6 Å². The summed E-state index contributed by atoms with van der Waals surface area (Å²) in [6.07, 6.45) is 0. The highest BCUT2D eigenvalue weighted by atomic mass is 32.1. The van der Waals surface area contributed by atoms with Gasteiger partial charge in [0.15, 0.2) is 5.60 Å². The van der Waals surface area contributed by atoms with Gasteiger partial charge in [0.25, 0.3) is 5.91 Å². The van der Waals surface area contributed by atoms with Crippen molar-refractivity contribution in [1.29, 1.82) is 0 Å². The molecule has 1 amide bonds. The number of hydrogen-bond donors (Lipinski definition) is 2. The number of carbonyl (C=O) groups is 1. The predicted octanol–water partition coefficient (Wildman–Crippen LogP) is 1.81. The number of thiophene rings is 1. The van der Waals surface area contributed by atoms with Gasteiger partial charge in [0.2, 0.25) is 0 Å². The second kappa shape index (κ2) is 3.68. The van der Waals surface area contributed by atoms with Crippen molar-refractivity contribution in [1.82, 2.24) is 5.32 Å². The Morgan fingerprint density at radius 3 is 2.53 bits per heavy atom. The highest BCUT2D eigenvalue weighted by molar-refractivity contribution is 7.10. The number of carbonyl (C=O) groups excluding carboxylic acids is 1. The van der Waals surface area contributed by atoms with Crippen molar-refractivity contribution >= 4 is 17.2 Å². The molecule has 3 nitrogen and oxygen atoms in total. The molecule has 2 atom stereocenters. The van der Waals surface area contributed by atoms with E-state index >= 15 is 0 Å². The zero-order valence-corrected chi connectivity index (χ0v) is 9.78. The third-order valence-electron chi connectivity index (χ3n) is 3.08. The third kappa shape index (κ3) is 1.41. The number of aliphatic hydroxyl groups is 1. The Labute approximate surface area is 103 Å². The maximum atomic E-state index is 11.7. The molecule has 17 heavy (non-hydrogen) atoms. The van der Waals surface area contributed by atoms with Crippen molar-refractivity contribution in [3.63, 3.8) is 0 Å². The van der Waals surface area contributed by atoms with Gasteiger partial charge in [-0.15, -0.1) is 11.3 Å². The van der Waals surface area contributed by atoms with Gasteiger partial charge in [-0.25, -0.2) is 0 Å². The van der Waals surface area contributed by atoms with E-state index in [0.717, 1.165) is 4.88 Å². The molecular weight excluding hydrogens is 234 g/mol. The SMILES string of the molecule is O=C1N[C@@H](c2cccs2)[C@]1(O)c1ccccc1. The molecule has 1 aromatic carbocycles. The molecule has 4 heteroatoms. The Morgan fingerprint density at radius 2 is 1.94 bits per heavy atom.